The minimum atomic E-state index is -0.150. The highest BCUT2D eigenvalue weighted by molar-refractivity contribution is 5.94. The molecule has 0 radical (unpaired) electrons. The molecule has 0 bridgehead atoms. The van der Waals surface area contributed by atoms with Crippen molar-refractivity contribution in [2.75, 3.05) is 18.7 Å². The molecule has 1 aliphatic rings. The zero-order valence-electron chi connectivity index (χ0n) is 14.4. The highest BCUT2D eigenvalue weighted by Crippen LogP contribution is 2.32. The first-order chi connectivity index (χ1) is 12.3. The van der Waals surface area contributed by atoms with E-state index in [9.17, 15) is 4.79 Å². The molecule has 6 nitrogen and oxygen atoms in total. The molecule has 6 heteroatoms. The average Bonchev–Trinajstić information content (AvgIpc) is 3.11. The van der Waals surface area contributed by atoms with E-state index in [-0.39, 0.29) is 12.7 Å². The van der Waals surface area contributed by atoms with Crippen molar-refractivity contribution < 1.29 is 14.3 Å². The van der Waals surface area contributed by atoms with Gasteiger partial charge in [0.2, 0.25) is 6.79 Å². The van der Waals surface area contributed by atoms with Gasteiger partial charge in [0.25, 0.3) is 5.91 Å². The lowest BCUT2D eigenvalue weighted by Crippen LogP contribution is -2.23. The highest BCUT2D eigenvalue weighted by atomic mass is 16.7. The van der Waals surface area contributed by atoms with Gasteiger partial charge in [-0.15, -0.1) is 0 Å². The summed E-state index contributed by atoms with van der Waals surface area (Å²) < 4.78 is 10.6. The Labute approximate surface area is 147 Å². The number of nitrogens with zero attached hydrogens (tertiary/aromatic N) is 1. The van der Waals surface area contributed by atoms with Gasteiger partial charge in [0.1, 0.15) is 5.82 Å². The van der Waals surface area contributed by atoms with Gasteiger partial charge in [0.05, 0.1) is 5.56 Å². The molecule has 0 aliphatic carbocycles. The summed E-state index contributed by atoms with van der Waals surface area (Å²) in [6.07, 6.45) is 5.11. The second-order valence-corrected chi connectivity index (χ2v) is 5.94. The highest BCUT2D eigenvalue weighted by Gasteiger charge is 2.13. The largest absolute Gasteiger partial charge is 0.454 e. The molecule has 0 unspecified atom stereocenters. The van der Waals surface area contributed by atoms with E-state index in [0.29, 0.717) is 17.9 Å². The Morgan fingerprint density at radius 1 is 1.16 bits per heavy atom. The van der Waals surface area contributed by atoms with E-state index in [0.717, 1.165) is 30.1 Å². The molecular formula is C19H23N3O3. The van der Waals surface area contributed by atoms with Crippen molar-refractivity contribution in [1.82, 2.24) is 10.3 Å². The number of aromatic nitrogens is 1. The number of unbranched alkanes of at least 4 members (excludes halogenated alkanes) is 2. The van der Waals surface area contributed by atoms with E-state index in [1.54, 1.807) is 12.3 Å². The topological polar surface area (TPSA) is 72.5 Å². The average molecular weight is 341 g/mol. The van der Waals surface area contributed by atoms with Crippen molar-refractivity contribution in [3.63, 3.8) is 0 Å². The van der Waals surface area contributed by atoms with Gasteiger partial charge in [0, 0.05) is 19.3 Å². The summed E-state index contributed by atoms with van der Waals surface area (Å²) in [4.78, 5) is 16.5. The fourth-order valence-corrected chi connectivity index (χ4v) is 2.56. The maximum absolute atomic E-state index is 12.2. The van der Waals surface area contributed by atoms with Gasteiger partial charge >= 0.3 is 0 Å². The first-order valence-electron chi connectivity index (χ1n) is 8.63. The Morgan fingerprint density at radius 2 is 2.04 bits per heavy atom. The quantitative estimate of drug-likeness (QED) is 0.721. The third kappa shape index (κ3) is 4.62. The molecule has 0 saturated carbocycles. The van der Waals surface area contributed by atoms with E-state index in [4.69, 9.17) is 9.47 Å². The lowest BCUT2D eigenvalue weighted by atomic mass is 10.2. The molecule has 0 fully saturated rings. The van der Waals surface area contributed by atoms with Gasteiger partial charge in [-0.2, -0.15) is 0 Å². The van der Waals surface area contributed by atoms with E-state index < -0.39 is 0 Å². The first-order valence-corrected chi connectivity index (χ1v) is 8.63. The minimum absolute atomic E-state index is 0.150. The van der Waals surface area contributed by atoms with E-state index in [2.05, 4.69) is 22.5 Å². The molecule has 3 rings (SSSR count). The summed E-state index contributed by atoms with van der Waals surface area (Å²) in [7, 11) is 0. The fourth-order valence-electron chi connectivity index (χ4n) is 2.56. The molecule has 1 aromatic carbocycles. The normalized spacial score (nSPS) is 12.0. The van der Waals surface area contributed by atoms with E-state index >= 15 is 0 Å². The number of fused-ring (bicyclic) bond motifs is 1. The molecule has 2 N–H and O–H groups in total. The molecule has 1 amide bonds. The number of nitrogens with one attached hydrogen (secondary N) is 2. The monoisotopic (exact) mass is 341 g/mol. The lowest BCUT2D eigenvalue weighted by molar-refractivity contribution is 0.0950. The minimum Gasteiger partial charge on any atom is -0.454 e. The number of amides is 1. The Balaban J connectivity index is 1.49. The maximum atomic E-state index is 12.2. The van der Waals surface area contributed by atoms with Gasteiger partial charge in [0.15, 0.2) is 11.5 Å². The van der Waals surface area contributed by atoms with Crippen molar-refractivity contribution >= 4 is 11.7 Å². The van der Waals surface area contributed by atoms with Crippen LogP contribution in [-0.4, -0.2) is 24.2 Å². The van der Waals surface area contributed by atoms with Crippen LogP contribution in [-0.2, 0) is 6.54 Å². The summed E-state index contributed by atoms with van der Waals surface area (Å²) >= 11 is 0. The van der Waals surface area contributed by atoms with Crippen molar-refractivity contribution in [2.45, 2.75) is 32.7 Å². The van der Waals surface area contributed by atoms with Crippen LogP contribution < -0.4 is 20.1 Å². The number of hydrogen-bond acceptors (Lipinski definition) is 5. The van der Waals surface area contributed by atoms with Gasteiger partial charge in [-0.1, -0.05) is 25.8 Å². The Morgan fingerprint density at radius 3 is 2.84 bits per heavy atom. The number of benzene rings is 1. The van der Waals surface area contributed by atoms with Crippen molar-refractivity contribution in [2.24, 2.45) is 0 Å². The van der Waals surface area contributed by atoms with Crippen LogP contribution in [0.1, 0.15) is 42.1 Å². The number of rotatable bonds is 8. The fraction of sp³-hybridized carbons (Fsp3) is 0.368. The van der Waals surface area contributed by atoms with Gasteiger partial charge in [-0.25, -0.2) is 4.98 Å². The van der Waals surface area contributed by atoms with E-state index in [1.165, 1.54) is 12.8 Å². The first kappa shape index (κ1) is 17.1. The van der Waals surface area contributed by atoms with Gasteiger partial charge in [-0.3, -0.25) is 4.79 Å². The second-order valence-electron chi connectivity index (χ2n) is 5.94. The summed E-state index contributed by atoms with van der Waals surface area (Å²) in [5.74, 6) is 2.10. The molecule has 0 saturated heterocycles. The standard InChI is InChI=1S/C19H23N3O3/c1-2-3-4-9-20-18-8-6-15(12-21-18)19(23)22-11-14-5-7-16-17(10-14)25-13-24-16/h5-8,10,12H,2-4,9,11,13H2,1H3,(H,20,21)(H,22,23). The van der Waals surface area contributed by atoms with Crippen molar-refractivity contribution in [1.29, 1.82) is 0 Å². The van der Waals surface area contributed by atoms with Crippen LogP contribution in [0.2, 0.25) is 0 Å². The van der Waals surface area contributed by atoms with Crippen molar-refractivity contribution in [3.05, 3.63) is 47.7 Å². The molecule has 0 spiro atoms. The van der Waals surface area contributed by atoms with Crippen molar-refractivity contribution in [3.8, 4) is 11.5 Å². The zero-order valence-corrected chi connectivity index (χ0v) is 14.4. The van der Waals surface area contributed by atoms with Gasteiger partial charge < -0.3 is 20.1 Å². The molecule has 25 heavy (non-hydrogen) atoms. The van der Waals surface area contributed by atoms with Crippen LogP contribution in [0.4, 0.5) is 5.82 Å². The van der Waals surface area contributed by atoms with E-state index in [1.807, 2.05) is 24.3 Å². The summed E-state index contributed by atoms with van der Waals surface area (Å²) in [5, 5.41) is 6.15. The summed E-state index contributed by atoms with van der Waals surface area (Å²) in [5.41, 5.74) is 1.50. The number of pyridine rings is 1. The zero-order chi connectivity index (χ0) is 17.5. The third-order valence-corrected chi connectivity index (χ3v) is 4.00. The molecule has 1 aromatic heterocycles. The maximum Gasteiger partial charge on any atom is 0.253 e. The number of ether oxygens (including phenoxy) is 2. The Hall–Kier alpha value is -2.76. The smallest absolute Gasteiger partial charge is 0.253 e. The Bertz CT molecular complexity index is 716. The molecular weight excluding hydrogens is 318 g/mol. The molecule has 2 heterocycles. The summed E-state index contributed by atoms with van der Waals surface area (Å²) in [6.45, 7) is 3.74. The summed E-state index contributed by atoms with van der Waals surface area (Å²) in [6, 6.07) is 9.26. The van der Waals surface area contributed by atoms with Crippen LogP contribution in [0.3, 0.4) is 0 Å². The number of anilines is 1. The van der Waals surface area contributed by atoms with Crippen LogP contribution in [0.5, 0.6) is 11.5 Å². The third-order valence-electron chi connectivity index (χ3n) is 4.00. The predicted octanol–water partition coefficient (Wildman–Crippen LogP) is 3.34. The number of carbonyl (C=O) groups is 1. The molecule has 2 aromatic rings. The molecule has 0 atom stereocenters. The van der Waals surface area contributed by atoms with Crippen LogP contribution in [0.15, 0.2) is 36.5 Å². The lowest BCUT2D eigenvalue weighted by Gasteiger charge is -2.08. The second kappa shape index (κ2) is 8.37. The van der Waals surface area contributed by atoms with Crippen LogP contribution in [0.25, 0.3) is 0 Å². The van der Waals surface area contributed by atoms with Crippen LogP contribution >= 0.6 is 0 Å². The number of hydrogen-bond donors (Lipinski definition) is 2. The predicted molar refractivity (Wildman–Crippen MR) is 96.0 cm³/mol. The molecule has 132 valence electrons. The Kier molecular flexibility index (Phi) is 5.72. The molecule has 1 aliphatic heterocycles. The van der Waals surface area contributed by atoms with Crippen LogP contribution in [0, 0.1) is 0 Å². The number of carbonyl (C=O) groups excluding carboxylic acids is 1. The SMILES string of the molecule is CCCCCNc1ccc(C(=O)NCc2ccc3c(c2)OCO3)cn1. The van der Waals surface area contributed by atoms with Gasteiger partial charge in [-0.05, 0) is 36.2 Å².